The molecule has 1 nitrogen and oxygen atoms in total. The summed E-state index contributed by atoms with van der Waals surface area (Å²) in [6.45, 7) is 4.35. The van der Waals surface area contributed by atoms with Crippen LogP contribution >= 0.6 is 11.6 Å². The van der Waals surface area contributed by atoms with E-state index in [2.05, 4.69) is 72.5 Å². The third-order valence-corrected chi connectivity index (χ3v) is 4.07. The zero-order chi connectivity index (χ0) is 14.9. The number of rotatable bonds is 8. The van der Waals surface area contributed by atoms with Crippen molar-refractivity contribution in [2.24, 2.45) is 0 Å². The second kappa shape index (κ2) is 8.86. The van der Waals surface area contributed by atoms with Crippen LogP contribution in [-0.2, 0) is 13.0 Å². The Labute approximate surface area is 133 Å². The molecule has 2 rings (SSSR count). The van der Waals surface area contributed by atoms with Crippen molar-refractivity contribution in [3.8, 4) is 0 Å². The Bertz CT molecular complexity index is 497. The fourth-order valence-electron chi connectivity index (χ4n) is 2.62. The molecule has 112 valence electrons. The van der Waals surface area contributed by atoms with Gasteiger partial charge in [0, 0.05) is 18.5 Å². The molecule has 2 aromatic carbocycles. The number of hydrogen-bond donors (Lipinski definition) is 0. The predicted molar refractivity (Wildman–Crippen MR) is 91.8 cm³/mol. The van der Waals surface area contributed by atoms with E-state index >= 15 is 0 Å². The number of nitrogens with zero attached hydrogens (tertiary/aromatic N) is 1. The van der Waals surface area contributed by atoms with Crippen LogP contribution in [0.2, 0.25) is 0 Å². The van der Waals surface area contributed by atoms with E-state index in [1.54, 1.807) is 0 Å². The molecule has 0 bridgehead atoms. The fraction of sp³-hybridized carbons (Fsp3) is 0.368. The molecule has 0 N–H and O–H groups in total. The Hall–Kier alpha value is -1.31. The molecule has 0 aromatic heterocycles. The van der Waals surface area contributed by atoms with Gasteiger partial charge in [-0.3, -0.25) is 4.90 Å². The van der Waals surface area contributed by atoms with Gasteiger partial charge in [0.2, 0.25) is 0 Å². The summed E-state index contributed by atoms with van der Waals surface area (Å²) in [5, 5.41) is 0. The monoisotopic (exact) mass is 301 g/mol. The van der Waals surface area contributed by atoms with Crippen molar-refractivity contribution in [1.29, 1.82) is 0 Å². The first-order valence-corrected chi connectivity index (χ1v) is 8.21. The third kappa shape index (κ3) is 5.53. The minimum Gasteiger partial charge on any atom is -0.296 e. The van der Waals surface area contributed by atoms with Crippen molar-refractivity contribution in [1.82, 2.24) is 4.90 Å². The van der Waals surface area contributed by atoms with Gasteiger partial charge in [-0.2, -0.15) is 0 Å². The maximum absolute atomic E-state index is 5.89. The van der Waals surface area contributed by atoms with E-state index in [1.165, 1.54) is 11.1 Å². The van der Waals surface area contributed by atoms with Crippen molar-refractivity contribution in [2.75, 3.05) is 12.4 Å². The highest BCUT2D eigenvalue weighted by atomic mass is 35.5. The summed E-state index contributed by atoms with van der Waals surface area (Å²) >= 11 is 5.89. The van der Waals surface area contributed by atoms with Crippen LogP contribution in [0, 0.1) is 0 Å². The van der Waals surface area contributed by atoms with Crippen LogP contribution in [0.25, 0.3) is 0 Å². The van der Waals surface area contributed by atoms with E-state index in [4.69, 9.17) is 11.6 Å². The van der Waals surface area contributed by atoms with Gasteiger partial charge in [0.25, 0.3) is 0 Å². The van der Waals surface area contributed by atoms with Gasteiger partial charge in [-0.1, -0.05) is 60.7 Å². The van der Waals surface area contributed by atoms with Gasteiger partial charge in [0.15, 0.2) is 0 Å². The molecule has 2 aromatic rings. The van der Waals surface area contributed by atoms with Crippen LogP contribution < -0.4 is 0 Å². The van der Waals surface area contributed by atoms with Crippen LogP contribution in [-0.4, -0.2) is 23.4 Å². The highest BCUT2D eigenvalue weighted by molar-refractivity contribution is 6.17. The van der Waals surface area contributed by atoms with Gasteiger partial charge in [-0.15, -0.1) is 11.6 Å². The molecule has 0 aliphatic heterocycles. The maximum atomic E-state index is 5.89. The second-order valence-electron chi connectivity index (χ2n) is 5.54. The molecule has 1 unspecified atom stereocenters. The van der Waals surface area contributed by atoms with Crippen molar-refractivity contribution < 1.29 is 0 Å². The molecule has 0 spiro atoms. The standard InChI is InChI=1S/C19H24ClN/c1-17(15-18-9-4-2-5-10-18)21(14-8-13-20)16-19-11-6-3-7-12-19/h2-7,9-12,17H,8,13-16H2,1H3. The Balaban J connectivity index is 2.00. The quantitative estimate of drug-likeness (QED) is 0.636. The van der Waals surface area contributed by atoms with Crippen LogP contribution in [0.1, 0.15) is 24.5 Å². The lowest BCUT2D eigenvalue weighted by atomic mass is 10.0. The van der Waals surface area contributed by atoms with Crippen LogP contribution in [0.5, 0.6) is 0 Å². The van der Waals surface area contributed by atoms with Gasteiger partial charge < -0.3 is 0 Å². The Morgan fingerprint density at radius 3 is 2.05 bits per heavy atom. The number of halogens is 1. The molecule has 2 heteroatoms. The van der Waals surface area contributed by atoms with Crippen molar-refractivity contribution in [3.05, 3.63) is 71.8 Å². The van der Waals surface area contributed by atoms with Crippen LogP contribution in [0.15, 0.2) is 60.7 Å². The van der Waals surface area contributed by atoms with Gasteiger partial charge in [0.1, 0.15) is 0 Å². The SMILES string of the molecule is CC(Cc1ccccc1)N(CCCCl)Cc1ccccc1. The Morgan fingerprint density at radius 2 is 1.48 bits per heavy atom. The lowest BCUT2D eigenvalue weighted by molar-refractivity contribution is 0.199. The topological polar surface area (TPSA) is 3.24 Å². The first-order chi connectivity index (χ1) is 10.3. The minimum atomic E-state index is 0.510. The van der Waals surface area contributed by atoms with E-state index in [-0.39, 0.29) is 0 Å². The van der Waals surface area contributed by atoms with Crippen molar-refractivity contribution in [3.63, 3.8) is 0 Å². The molecule has 0 radical (unpaired) electrons. The fourth-order valence-corrected chi connectivity index (χ4v) is 2.74. The molecule has 0 aliphatic carbocycles. The lowest BCUT2D eigenvalue weighted by Crippen LogP contribution is -2.35. The zero-order valence-corrected chi connectivity index (χ0v) is 13.5. The zero-order valence-electron chi connectivity index (χ0n) is 12.7. The van der Waals surface area contributed by atoms with E-state index < -0.39 is 0 Å². The molecular formula is C19H24ClN. The molecule has 21 heavy (non-hydrogen) atoms. The van der Waals surface area contributed by atoms with Crippen LogP contribution in [0.4, 0.5) is 0 Å². The normalized spacial score (nSPS) is 12.5. The van der Waals surface area contributed by atoms with Gasteiger partial charge in [-0.05, 0) is 37.4 Å². The number of benzene rings is 2. The van der Waals surface area contributed by atoms with Gasteiger partial charge in [0.05, 0.1) is 0 Å². The Morgan fingerprint density at radius 1 is 0.905 bits per heavy atom. The molecule has 0 fully saturated rings. The van der Waals surface area contributed by atoms with Crippen LogP contribution in [0.3, 0.4) is 0 Å². The van der Waals surface area contributed by atoms with E-state index in [1.807, 2.05) is 0 Å². The van der Waals surface area contributed by atoms with Gasteiger partial charge in [-0.25, -0.2) is 0 Å². The summed E-state index contributed by atoms with van der Waals surface area (Å²) in [5.41, 5.74) is 2.76. The Kier molecular flexibility index (Phi) is 6.78. The predicted octanol–water partition coefficient (Wildman–Crippen LogP) is 4.75. The van der Waals surface area contributed by atoms with Crippen molar-refractivity contribution in [2.45, 2.75) is 32.4 Å². The summed E-state index contributed by atoms with van der Waals surface area (Å²) in [7, 11) is 0. The molecule has 1 atom stereocenters. The summed E-state index contributed by atoms with van der Waals surface area (Å²) in [5.74, 6) is 0.726. The molecule has 0 saturated carbocycles. The van der Waals surface area contributed by atoms with E-state index in [9.17, 15) is 0 Å². The smallest absolute Gasteiger partial charge is 0.0236 e. The molecular weight excluding hydrogens is 278 g/mol. The third-order valence-electron chi connectivity index (χ3n) is 3.80. The summed E-state index contributed by atoms with van der Waals surface area (Å²) in [4.78, 5) is 2.53. The molecule has 0 heterocycles. The highest BCUT2D eigenvalue weighted by Gasteiger charge is 2.14. The van der Waals surface area contributed by atoms with E-state index in [0.717, 1.165) is 31.8 Å². The van der Waals surface area contributed by atoms with E-state index in [0.29, 0.717) is 6.04 Å². The van der Waals surface area contributed by atoms with Crippen molar-refractivity contribution >= 4 is 11.6 Å². The summed E-state index contributed by atoms with van der Waals surface area (Å²) in [6.07, 6.45) is 2.11. The minimum absolute atomic E-state index is 0.510. The molecule has 0 aliphatic rings. The maximum Gasteiger partial charge on any atom is 0.0236 e. The average Bonchev–Trinajstić information content (AvgIpc) is 2.53. The number of alkyl halides is 1. The molecule has 0 amide bonds. The molecule has 0 saturated heterocycles. The largest absolute Gasteiger partial charge is 0.296 e. The second-order valence-corrected chi connectivity index (χ2v) is 5.92. The first kappa shape index (κ1) is 16.1. The summed E-state index contributed by atoms with van der Waals surface area (Å²) in [6, 6.07) is 21.9. The lowest BCUT2D eigenvalue weighted by Gasteiger charge is -2.29. The average molecular weight is 302 g/mol. The highest BCUT2D eigenvalue weighted by Crippen LogP contribution is 2.13. The number of hydrogen-bond acceptors (Lipinski definition) is 1. The first-order valence-electron chi connectivity index (χ1n) is 7.67. The van der Waals surface area contributed by atoms with Gasteiger partial charge >= 0.3 is 0 Å². The summed E-state index contributed by atoms with van der Waals surface area (Å²) < 4.78 is 0.